The third-order valence-electron chi connectivity index (χ3n) is 7.55. The fourth-order valence-electron chi connectivity index (χ4n) is 5.43. The van der Waals surface area contributed by atoms with Crippen LogP contribution in [0, 0.1) is 0 Å². The van der Waals surface area contributed by atoms with Crippen LogP contribution >= 0.6 is 0 Å². The molecule has 5 heteroatoms. The van der Waals surface area contributed by atoms with E-state index in [0.717, 1.165) is 112 Å². The van der Waals surface area contributed by atoms with E-state index in [1.165, 1.54) is 12.8 Å². The van der Waals surface area contributed by atoms with Gasteiger partial charge < -0.3 is 14.6 Å². The van der Waals surface area contributed by atoms with Gasteiger partial charge in [0.05, 0.1) is 26.4 Å². The quantitative estimate of drug-likeness (QED) is 0.477. The number of unbranched alkanes of at least 4 members (excludes halogenated alkanes) is 2. The standard InChI is InChI=1S/C31H40N2O3/c34-31-29-23-25(7-3-1-5-13-32-15-19-35-20-16-32)9-11-27(29)28-12-10-26(24-30(28)31)8-4-2-6-14-33-17-21-36-22-18-33/h3-4,7-12,23-24,31,34H,1-2,5-6,13-22H2. The first kappa shape index (κ1) is 25.4. The molecule has 0 amide bonds. The smallest absolute Gasteiger partial charge is 0.105 e. The van der Waals surface area contributed by atoms with Crippen LogP contribution in [0.5, 0.6) is 0 Å². The van der Waals surface area contributed by atoms with Crippen LogP contribution in [0.1, 0.15) is 54.0 Å². The predicted octanol–water partition coefficient (Wildman–Crippen LogP) is 5.00. The van der Waals surface area contributed by atoms with Gasteiger partial charge >= 0.3 is 0 Å². The topological polar surface area (TPSA) is 45.2 Å². The van der Waals surface area contributed by atoms with Crippen LogP contribution < -0.4 is 0 Å². The number of rotatable bonds is 10. The second-order valence-electron chi connectivity index (χ2n) is 10.1. The van der Waals surface area contributed by atoms with Crippen molar-refractivity contribution in [1.29, 1.82) is 0 Å². The number of ether oxygens (including phenoxy) is 2. The minimum absolute atomic E-state index is 0.556. The molecule has 0 atom stereocenters. The summed E-state index contributed by atoms with van der Waals surface area (Å²) in [5, 5.41) is 11.1. The molecule has 0 radical (unpaired) electrons. The largest absolute Gasteiger partial charge is 0.384 e. The maximum Gasteiger partial charge on any atom is 0.105 e. The number of aliphatic hydroxyl groups excluding tert-OH is 1. The summed E-state index contributed by atoms with van der Waals surface area (Å²) in [7, 11) is 0. The van der Waals surface area contributed by atoms with Gasteiger partial charge in [-0.15, -0.1) is 0 Å². The predicted molar refractivity (Wildman–Crippen MR) is 147 cm³/mol. The average Bonchev–Trinajstić information content (AvgIpc) is 3.20. The molecule has 2 heterocycles. The van der Waals surface area contributed by atoms with Gasteiger partial charge in [0.25, 0.3) is 0 Å². The van der Waals surface area contributed by atoms with Gasteiger partial charge in [-0.2, -0.15) is 0 Å². The Morgan fingerprint density at radius 2 is 1.14 bits per heavy atom. The van der Waals surface area contributed by atoms with E-state index < -0.39 is 6.10 Å². The summed E-state index contributed by atoms with van der Waals surface area (Å²) in [6.07, 6.45) is 12.8. The number of hydrogen-bond donors (Lipinski definition) is 1. The molecule has 1 N–H and O–H groups in total. The zero-order valence-corrected chi connectivity index (χ0v) is 21.4. The lowest BCUT2D eigenvalue weighted by molar-refractivity contribution is 0.0375. The minimum Gasteiger partial charge on any atom is -0.384 e. The van der Waals surface area contributed by atoms with E-state index in [1.807, 2.05) is 0 Å². The molecule has 1 aliphatic carbocycles. The molecule has 5 rings (SSSR count). The summed E-state index contributed by atoms with van der Waals surface area (Å²) in [5.41, 5.74) is 6.67. The summed E-state index contributed by atoms with van der Waals surface area (Å²) in [4.78, 5) is 4.96. The van der Waals surface area contributed by atoms with Crippen molar-refractivity contribution >= 4 is 12.2 Å². The third-order valence-corrected chi connectivity index (χ3v) is 7.55. The molecule has 2 aromatic carbocycles. The van der Waals surface area contributed by atoms with E-state index in [0.29, 0.717) is 0 Å². The Hall–Kier alpha value is -2.28. The minimum atomic E-state index is -0.556. The zero-order chi connectivity index (χ0) is 24.6. The number of allylic oxidation sites excluding steroid dienone is 2. The highest BCUT2D eigenvalue weighted by atomic mass is 16.5. The molecular weight excluding hydrogens is 448 g/mol. The van der Waals surface area contributed by atoms with Crippen LogP contribution in [0.25, 0.3) is 23.3 Å². The van der Waals surface area contributed by atoms with E-state index in [-0.39, 0.29) is 0 Å². The summed E-state index contributed by atoms with van der Waals surface area (Å²) < 4.78 is 10.8. The molecule has 192 valence electrons. The lowest BCUT2D eigenvalue weighted by atomic mass is 10.0. The number of fused-ring (bicyclic) bond motifs is 3. The molecule has 2 saturated heterocycles. The number of nitrogens with zero attached hydrogens (tertiary/aromatic N) is 2. The van der Waals surface area contributed by atoms with Crippen molar-refractivity contribution in [2.75, 3.05) is 65.7 Å². The highest BCUT2D eigenvalue weighted by Crippen LogP contribution is 2.44. The van der Waals surface area contributed by atoms with Crippen LogP contribution in [-0.2, 0) is 9.47 Å². The van der Waals surface area contributed by atoms with Crippen LogP contribution in [-0.4, -0.2) is 80.6 Å². The van der Waals surface area contributed by atoms with Gasteiger partial charge in [0.2, 0.25) is 0 Å². The molecule has 5 nitrogen and oxygen atoms in total. The Morgan fingerprint density at radius 1 is 0.694 bits per heavy atom. The van der Waals surface area contributed by atoms with E-state index in [4.69, 9.17) is 9.47 Å². The van der Waals surface area contributed by atoms with Crippen molar-refractivity contribution < 1.29 is 14.6 Å². The summed E-state index contributed by atoms with van der Waals surface area (Å²) in [5.74, 6) is 0. The summed E-state index contributed by atoms with van der Waals surface area (Å²) in [6, 6.07) is 13.0. The van der Waals surface area contributed by atoms with Gasteiger partial charge in [-0.05, 0) is 84.3 Å². The van der Waals surface area contributed by atoms with Crippen molar-refractivity contribution in [3.63, 3.8) is 0 Å². The molecule has 2 fully saturated rings. The van der Waals surface area contributed by atoms with E-state index in [2.05, 4.69) is 70.5 Å². The van der Waals surface area contributed by atoms with Crippen LogP contribution in [0.4, 0.5) is 0 Å². The molecule has 36 heavy (non-hydrogen) atoms. The van der Waals surface area contributed by atoms with Crippen molar-refractivity contribution in [3.05, 3.63) is 70.8 Å². The molecule has 3 aliphatic rings. The van der Waals surface area contributed by atoms with Crippen LogP contribution in [0.2, 0.25) is 0 Å². The second kappa shape index (κ2) is 12.8. The lowest BCUT2D eigenvalue weighted by Crippen LogP contribution is -2.36. The lowest BCUT2D eigenvalue weighted by Gasteiger charge is -2.26. The SMILES string of the molecule is OC1c2cc(C=CCCCN3CCOCC3)ccc2-c2ccc(C=CCCCN3CCOCC3)cc21. The van der Waals surface area contributed by atoms with Crippen molar-refractivity contribution in [2.45, 2.75) is 31.8 Å². The number of morpholine rings is 2. The maximum absolute atomic E-state index is 11.1. The molecule has 0 spiro atoms. The maximum atomic E-state index is 11.1. The molecule has 0 bridgehead atoms. The van der Waals surface area contributed by atoms with Crippen molar-refractivity contribution in [1.82, 2.24) is 9.80 Å². The molecule has 2 aliphatic heterocycles. The summed E-state index contributed by atoms with van der Waals surface area (Å²) in [6.45, 7) is 9.95. The molecular formula is C31H40N2O3. The normalized spacial score (nSPS) is 20.9. The fraction of sp³-hybridized carbons (Fsp3) is 0.484. The zero-order valence-electron chi connectivity index (χ0n) is 21.4. The van der Waals surface area contributed by atoms with Gasteiger partial charge in [0.15, 0.2) is 0 Å². The summed E-state index contributed by atoms with van der Waals surface area (Å²) >= 11 is 0. The number of benzene rings is 2. The Bertz CT molecular complexity index is 968. The Kier molecular flexibility index (Phi) is 9.02. The van der Waals surface area contributed by atoms with E-state index in [9.17, 15) is 5.11 Å². The number of hydrogen-bond acceptors (Lipinski definition) is 5. The van der Waals surface area contributed by atoms with Gasteiger partial charge in [0.1, 0.15) is 6.10 Å². The average molecular weight is 489 g/mol. The van der Waals surface area contributed by atoms with Gasteiger partial charge in [-0.3, -0.25) is 9.80 Å². The first-order chi connectivity index (χ1) is 17.8. The van der Waals surface area contributed by atoms with Gasteiger partial charge in [0, 0.05) is 26.2 Å². The third kappa shape index (κ3) is 6.53. The van der Waals surface area contributed by atoms with E-state index >= 15 is 0 Å². The highest BCUT2D eigenvalue weighted by molar-refractivity contribution is 5.80. The molecule has 0 saturated carbocycles. The Morgan fingerprint density at radius 3 is 1.58 bits per heavy atom. The van der Waals surface area contributed by atoms with Crippen molar-refractivity contribution in [3.8, 4) is 11.1 Å². The van der Waals surface area contributed by atoms with E-state index in [1.54, 1.807) is 0 Å². The van der Waals surface area contributed by atoms with Crippen molar-refractivity contribution in [2.24, 2.45) is 0 Å². The Balaban J connectivity index is 1.13. The Labute approximate surface area is 216 Å². The van der Waals surface area contributed by atoms with Crippen LogP contribution in [0.3, 0.4) is 0 Å². The van der Waals surface area contributed by atoms with Gasteiger partial charge in [-0.1, -0.05) is 48.6 Å². The first-order valence-corrected chi connectivity index (χ1v) is 13.7. The molecule has 0 unspecified atom stereocenters. The fourth-order valence-corrected chi connectivity index (χ4v) is 5.43. The molecule has 2 aromatic rings. The molecule has 0 aromatic heterocycles. The highest BCUT2D eigenvalue weighted by Gasteiger charge is 2.27. The monoisotopic (exact) mass is 488 g/mol. The second-order valence-corrected chi connectivity index (χ2v) is 10.1. The number of aliphatic hydroxyl groups is 1. The van der Waals surface area contributed by atoms with Gasteiger partial charge in [-0.25, -0.2) is 0 Å². The first-order valence-electron chi connectivity index (χ1n) is 13.7. The van der Waals surface area contributed by atoms with Crippen LogP contribution in [0.15, 0.2) is 48.6 Å².